The number of aryl methyl sites for hydroxylation is 1. The zero-order valence-corrected chi connectivity index (χ0v) is 14.3. The van der Waals surface area contributed by atoms with Gasteiger partial charge >= 0.3 is 0 Å². The van der Waals surface area contributed by atoms with E-state index in [0.29, 0.717) is 43.6 Å². The first kappa shape index (κ1) is 16.1. The number of carbonyl (C=O) groups excluding carboxylic acids is 1. The lowest BCUT2D eigenvalue weighted by Crippen LogP contribution is -2.49. The van der Waals surface area contributed by atoms with Crippen LogP contribution in [0, 0.1) is 6.92 Å². The van der Waals surface area contributed by atoms with Gasteiger partial charge in [-0.25, -0.2) is 9.97 Å². The van der Waals surface area contributed by atoms with Crippen LogP contribution in [0.4, 0.5) is 17.5 Å². The predicted molar refractivity (Wildman–Crippen MR) is 93.4 cm³/mol. The minimum atomic E-state index is -0.0823. The molecule has 4 heterocycles. The molecule has 1 aliphatic heterocycles. The first-order valence-corrected chi connectivity index (χ1v) is 8.29. The van der Waals surface area contributed by atoms with Crippen LogP contribution in [0.2, 0.25) is 0 Å². The van der Waals surface area contributed by atoms with Crippen LogP contribution < -0.4 is 10.2 Å². The maximum absolute atomic E-state index is 12.3. The number of hydrogen-bond acceptors (Lipinski definition) is 8. The van der Waals surface area contributed by atoms with Gasteiger partial charge in [0.15, 0.2) is 11.6 Å². The van der Waals surface area contributed by atoms with Crippen LogP contribution in [0.1, 0.15) is 16.3 Å². The zero-order chi connectivity index (χ0) is 17.9. The van der Waals surface area contributed by atoms with E-state index in [2.05, 4.69) is 25.3 Å². The number of piperazine rings is 1. The van der Waals surface area contributed by atoms with Crippen LogP contribution in [0.25, 0.3) is 0 Å². The van der Waals surface area contributed by atoms with Crippen LogP contribution in [-0.2, 0) is 0 Å². The van der Waals surface area contributed by atoms with E-state index < -0.39 is 0 Å². The molecule has 1 aliphatic rings. The molecule has 0 radical (unpaired) electrons. The standard InChI is InChI=1S/C17H18N6O3/c1-12-9-15(21-26-12)20-14-10-16(19-11-18-14)22-4-6-23(7-5-22)17(24)13-3-2-8-25-13/h2-3,8-11H,4-7H2,1H3,(H,18,19,20,21). The Bertz CT molecular complexity index is 884. The maximum Gasteiger partial charge on any atom is 0.289 e. The second-order valence-corrected chi connectivity index (χ2v) is 5.97. The number of carbonyl (C=O) groups is 1. The summed E-state index contributed by atoms with van der Waals surface area (Å²) >= 11 is 0. The number of anilines is 3. The van der Waals surface area contributed by atoms with E-state index in [1.165, 1.54) is 12.6 Å². The summed E-state index contributed by atoms with van der Waals surface area (Å²) in [6.45, 7) is 4.41. The van der Waals surface area contributed by atoms with Crippen molar-refractivity contribution >= 4 is 23.4 Å². The summed E-state index contributed by atoms with van der Waals surface area (Å²) in [6.07, 6.45) is 3.01. The van der Waals surface area contributed by atoms with Gasteiger partial charge in [0, 0.05) is 38.3 Å². The van der Waals surface area contributed by atoms with Gasteiger partial charge in [-0.05, 0) is 19.1 Å². The van der Waals surface area contributed by atoms with Crippen LogP contribution in [0.5, 0.6) is 0 Å². The quantitative estimate of drug-likeness (QED) is 0.760. The van der Waals surface area contributed by atoms with Crippen molar-refractivity contribution in [3.8, 4) is 0 Å². The fourth-order valence-corrected chi connectivity index (χ4v) is 2.84. The minimum Gasteiger partial charge on any atom is -0.459 e. The second kappa shape index (κ2) is 6.87. The number of furan rings is 1. The molecule has 0 unspecified atom stereocenters. The normalized spacial score (nSPS) is 14.5. The predicted octanol–water partition coefficient (Wildman–Crippen LogP) is 2.07. The lowest BCUT2D eigenvalue weighted by molar-refractivity contribution is 0.0714. The molecular formula is C17H18N6O3. The molecular weight excluding hydrogens is 336 g/mol. The van der Waals surface area contributed by atoms with Crippen molar-refractivity contribution in [1.82, 2.24) is 20.0 Å². The molecule has 0 atom stereocenters. The van der Waals surface area contributed by atoms with Gasteiger partial charge in [0.2, 0.25) is 0 Å². The minimum absolute atomic E-state index is 0.0823. The summed E-state index contributed by atoms with van der Waals surface area (Å²) in [5, 5.41) is 6.98. The number of hydrogen-bond donors (Lipinski definition) is 1. The van der Waals surface area contributed by atoms with Gasteiger partial charge in [-0.15, -0.1) is 0 Å². The molecule has 26 heavy (non-hydrogen) atoms. The Hall–Kier alpha value is -3.36. The molecule has 3 aromatic heterocycles. The highest BCUT2D eigenvalue weighted by Gasteiger charge is 2.24. The van der Waals surface area contributed by atoms with Crippen LogP contribution in [-0.4, -0.2) is 52.1 Å². The van der Waals surface area contributed by atoms with Crippen LogP contribution >= 0.6 is 0 Å². The Labute approximate surface area is 149 Å². The summed E-state index contributed by atoms with van der Waals surface area (Å²) in [5.41, 5.74) is 0. The number of amides is 1. The number of rotatable bonds is 4. The number of nitrogens with one attached hydrogen (secondary N) is 1. The lowest BCUT2D eigenvalue weighted by Gasteiger charge is -2.35. The average Bonchev–Trinajstić information content (AvgIpc) is 3.34. The molecule has 0 saturated carbocycles. The summed E-state index contributed by atoms with van der Waals surface area (Å²) in [7, 11) is 0. The third-order valence-electron chi connectivity index (χ3n) is 4.16. The van der Waals surface area contributed by atoms with Gasteiger partial charge in [0.05, 0.1) is 6.26 Å². The van der Waals surface area contributed by atoms with Gasteiger partial charge in [0.25, 0.3) is 5.91 Å². The molecule has 1 amide bonds. The van der Waals surface area contributed by atoms with Gasteiger partial charge in [-0.2, -0.15) is 0 Å². The van der Waals surface area contributed by atoms with E-state index in [4.69, 9.17) is 8.94 Å². The van der Waals surface area contributed by atoms with Crippen molar-refractivity contribution in [2.75, 3.05) is 36.4 Å². The van der Waals surface area contributed by atoms with Gasteiger partial charge in [0.1, 0.15) is 23.7 Å². The molecule has 9 nitrogen and oxygen atoms in total. The topological polar surface area (TPSA) is 101 Å². The molecule has 1 N–H and O–H groups in total. The SMILES string of the molecule is Cc1cc(Nc2cc(N3CCN(C(=O)c4ccco4)CC3)ncn2)no1. The zero-order valence-electron chi connectivity index (χ0n) is 14.3. The summed E-state index contributed by atoms with van der Waals surface area (Å²) < 4.78 is 10.2. The highest BCUT2D eigenvalue weighted by atomic mass is 16.5. The Kier molecular flexibility index (Phi) is 4.26. The summed E-state index contributed by atoms with van der Waals surface area (Å²) in [5.74, 6) is 3.04. The van der Waals surface area contributed by atoms with E-state index in [0.717, 1.165) is 11.6 Å². The van der Waals surface area contributed by atoms with E-state index in [9.17, 15) is 4.79 Å². The molecule has 1 saturated heterocycles. The van der Waals surface area contributed by atoms with Crippen LogP contribution in [0.3, 0.4) is 0 Å². The third-order valence-corrected chi connectivity index (χ3v) is 4.16. The van der Waals surface area contributed by atoms with E-state index in [1.54, 1.807) is 23.1 Å². The average molecular weight is 354 g/mol. The Morgan fingerprint density at radius 1 is 1.15 bits per heavy atom. The molecule has 134 valence electrons. The third kappa shape index (κ3) is 3.37. The molecule has 9 heteroatoms. The van der Waals surface area contributed by atoms with Crippen molar-refractivity contribution in [3.63, 3.8) is 0 Å². The van der Waals surface area contributed by atoms with Gasteiger partial charge < -0.3 is 24.1 Å². The van der Waals surface area contributed by atoms with E-state index >= 15 is 0 Å². The molecule has 0 aliphatic carbocycles. The Balaban J connectivity index is 1.40. The molecule has 0 aromatic carbocycles. The monoisotopic (exact) mass is 354 g/mol. The highest BCUT2D eigenvalue weighted by molar-refractivity contribution is 5.91. The van der Waals surface area contributed by atoms with Crippen molar-refractivity contribution < 1.29 is 13.7 Å². The largest absolute Gasteiger partial charge is 0.459 e. The van der Waals surface area contributed by atoms with Crippen molar-refractivity contribution in [2.45, 2.75) is 6.92 Å². The molecule has 0 bridgehead atoms. The fourth-order valence-electron chi connectivity index (χ4n) is 2.84. The van der Waals surface area contributed by atoms with Gasteiger partial charge in [-0.3, -0.25) is 4.79 Å². The summed E-state index contributed by atoms with van der Waals surface area (Å²) in [4.78, 5) is 24.8. The summed E-state index contributed by atoms with van der Waals surface area (Å²) in [6, 6.07) is 7.05. The highest BCUT2D eigenvalue weighted by Crippen LogP contribution is 2.20. The smallest absolute Gasteiger partial charge is 0.289 e. The van der Waals surface area contributed by atoms with Crippen molar-refractivity contribution in [2.24, 2.45) is 0 Å². The van der Waals surface area contributed by atoms with Crippen molar-refractivity contribution in [3.05, 3.63) is 48.4 Å². The maximum atomic E-state index is 12.3. The van der Waals surface area contributed by atoms with E-state index in [-0.39, 0.29) is 5.91 Å². The van der Waals surface area contributed by atoms with E-state index in [1.807, 2.05) is 13.0 Å². The Morgan fingerprint density at radius 3 is 2.69 bits per heavy atom. The van der Waals surface area contributed by atoms with Gasteiger partial charge in [-0.1, -0.05) is 5.16 Å². The molecule has 1 fully saturated rings. The first-order valence-electron chi connectivity index (χ1n) is 8.29. The first-order chi connectivity index (χ1) is 12.7. The molecule has 3 aromatic rings. The molecule has 0 spiro atoms. The second-order valence-electron chi connectivity index (χ2n) is 5.97. The number of aromatic nitrogens is 3. The molecule has 4 rings (SSSR count). The fraction of sp³-hybridized carbons (Fsp3) is 0.294. The van der Waals surface area contributed by atoms with Crippen molar-refractivity contribution in [1.29, 1.82) is 0 Å². The van der Waals surface area contributed by atoms with Crippen LogP contribution in [0.15, 0.2) is 45.8 Å². The lowest BCUT2D eigenvalue weighted by atomic mass is 10.3. The Morgan fingerprint density at radius 2 is 2.00 bits per heavy atom. The number of nitrogens with zero attached hydrogens (tertiary/aromatic N) is 5.